The van der Waals surface area contributed by atoms with Crippen molar-refractivity contribution in [2.24, 2.45) is 0 Å². The first-order valence-electron chi connectivity index (χ1n) is 8.73. The number of hydrogen-bond acceptors (Lipinski definition) is 8. The van der Waals surface area contributed by atoms with Crippen LogP contribution in [0.25, 0.3) is 0 Å². The molecule has 0 unspecified atom stereocenters. The second kappa shape index (κ2) is 6.98. The van der Waals surface area contributed by atoms with E-state index in [2.05, 4.69) is 15.0 Å². The largest absolute Gasteiger partial charge is 0.338 e. The number of piperazine rings is 1. The molecule has 0 N–H and O–H groups in total. The van der Waals surface area contributed by atoms with Crippen molar-refractivity contribution >= 4 is 15.7 Å². The highest BCUT2D eigenvalue weighted by atomic mass is 32.2. The van der Waals surface area contributed by atoms with Crippen LogP contribution in [-0.4, -0.2) is 58.9 Å². The Balaban J connectivity index is 1.36. The topological polar surface area (TPSA) is 123 Å². The second-order valence-electron chi connectivity index (χ2n) is 6.75. The van der Waals surface area contributed by atoms with Crippen molar-refractivity contribution in [2.75, 3.05) is 26.2 Å². The highest BCUT2D eigenvalue weighted by Crippen LogP contribution is 2.38. The second-order valence-corrected chi connectivity index (χ2v) is 8.69. The zero-order valence-electron chi connectivity index (χ0n) is 14.5. The number of hydrogen-bond donors (Lipinski definition) is 0. The van der Waals surface area contributed by atoms with Gasteiger partial charge in [0.1, 0.15) is 0 Å². The number of aromatic nitrogens is 2. The van der Waals surface area contributed by atoms with Crippen LogP contribution in [0.4, 0.5) is 5.69 Å². The Morgan fingerprint density at radius 1 is 1.15 bits per heavy atom. The van der Waals surface area contributed by atoms with Crippen molar-refractivity contribution in [1.82, 2.24) is 19.3 Å². The van der Waals surface area contributed by atoms with Gasteiger partial charge < -0.3 is 4.52 Å². The van der Waals surface area contributed by atoms with E-state index in [0.717, 1.165) is 18.7 Å². The predicted molar refractivity (Wildman–Crippen MR) is 93.4 cm³/mol. The van der Waals surface area contributed by atoms with E-state index in [-0.39, 0.29) is 10.6 Å². The van der Waals surface area contributed by atoms with Crippen molar-refractivity contribution in [3.8, 4) is 0 Å². The molecule has 4 rings (SSSR count). The number of non-ortho nitro benzene ring substituents is 1. The number of nitro benzene ring substituents is 1. The van der Waals surface area contributed by atoms with Gasteiger partial charge in [0.2, 0.25) is 15.9 Å². The molecule has 0 bridgehead atoms. The van der Waals surface area contributed by atoms with E-state index < -0.39 is 14.9 Å². The van der Waals surface area contributed by atoms with E-state index in [1.165, 1.54) is 28.6 Å². The lowest BCUT2D eigenvalue weighted by Gasteiger charge is -2.33. The van der Waals surface area contributed by atoms with Crippen LogP contribution in [0.5, 0.6) is 0 Å². The molecule has 1 saturated carbocycles. The zero-order valence-corrected chi connectivity index (χ0v) is 15.3. The van der Waals surface area contributed by atoms with Gasteiger partial charge in [0.05, 0.1) is 16.4 Å². The van der Waals surface area contributed by atoms with Gasteiger partial charge in [-0.2, -0.15) is 9.29 Å². The van der Waals surface area contributed by atoms with Crippen molar-refractivity contribution in [3.63, 3.8) is 0 Å². The fourth-order valence-corrected chi connectivity index (χ4v) is 4.47. The summed E-state index contributed by atoms with van der Waals surface area (Å²) in [7, 11) is -3.67. The maximum Gasteiger partial charge on any atom is 0.269 e. The van der Waals surface area contributed by atoms with Crippen LogP contribution in [0.1, 0.15) is 30.5 Å². The van der Waals surface area contributed by atoms with E-state index in [4.69, 9.17) is 4.52 Å². The van der Waals surface area contributed by atoms with Gasteiger partial charge in [-0.25, -0.2) is 8.42 Å². The summed E-state index contributed by atoms with van der Waals surface area (Å²) in [5.41, 5.74) is -0.135. The van der Waals surface area contributed by atoms with Crippen molar-refractivity contribution in [3.05, 3.63) is 46.1 Å². The fourth-order valence-electron chi connectivity index (χ4n) is 3.05. The minimum absolute atomic E-state index is 0.0625. The molecule has 2 heterocycles. The van der Waals surface area contributed by atoms with Crippen LogP contribution in [-0.2, 0) is 16.6 Å². The standard InChI is InChI=1S/C16H19N5O5S/c22-21(23)13-3-5-14(6-4-13)27(24,25)20-9-7-19(8-10-20)11-15-17-16(18-26-15)12-1-2-12/h3-6,12H,1-2,7-11H2. The summed E-state index contributed by atoms with van der Waals surface area (Å²) in [6, 6.07) is 4.96. The maximum absolute atomic E-state index is 12.7. The van der Waals surface area contributed by atoms with Gasteiger partial charge in [-0.1, -0.05) is 5.16 Å². The fraction of sp³-hybridized carbons (Fsp3) is 0.500. The maximum atomic E-state index is 12.7. The van der Waals surface area contributed by atoms with Crippen LogP contribution in [0, 0.1) is 10.1 Å². The molecule has 1 saturated heterocycles. The van der Waals surface area contributed by atoms with Crippen LogP contribution < -0.4 is 0 Å². The lowest BCUT2D eigenvalue weighted by atomic mass is 10.3. The Labute approximate surface area is 156 Å². The van der Waals surface area contributed by atoms with Crippen LogP contribution in [0.3, 0.4) is 0 Å². The normalized spacial score (nSPS) is 19.3. The Hall–Kier alpha value is -2.37. The van der Waals surface area contributed by atoms with Gasteiger partial charge in [0.15, 0.2) is 5.82 Å². The van der Waals surface area contributed by atoms with Gasteiger partial charge in [-0.3, -0.25) is 15.0 Å². The molecule has 2 aromatic rings. The summed E-state index contributed by atoms with van der Waals surface area (Å²) < 4.78 is 32.1. The van der Waals surface area contributed by atoms with Crippen molar-refractivity contribution < 1.29 is 17.9 Å². The third kappa shape index (κ3) is 3.84. The average Bonchev–Trinajstić information content (AvgIpc) is 3.42. The summed E-state index contributed by atoms with van der Waals surface area (Å²) >= 11 is 0. The predicted octanol–water partition coefficient (Wildman–Crippen LogP) is 1.36. The van der Waals surface area contributed by atoms with Crippen LogP contribution >= 0.6 is 0 Å². The first kappa shape index (κ1) is 18.0. The lowest BCUT2D eigenvalue weighted by molar-refractivity contribution is -0.384. The molecule has 0 radical (unpaired) electrons. The monoisotopic (exact) mass is 393 g/mol. The van der Waals surface area contributed by atoms with Gasteiger partial charge in [-0.05, 0) is 25.0 Å². The molecule has 0 spiro atoms. The molecule has 10 nitrogen and oxygen atoms in total. The Morgan fingerprint density at radius 3 is 2.41 bits per heavy atom. The number of benzene rings is 1. The smallest absolute Gasteiger partial charge is 0.269 e. The molecule has 1 aliphatic carbocycles. The molecule has 144 valence electrons. The van der Waals surface area contributed by atoms with Gasteiger partial charge >= 0.3 is 0 Å². The molecule has 11 heteroatoms. The minimum atomic E-state index is -3.67. The van der Waals surface area contributed by atoms with E-state index in [0.29, 0.717) is 44.5 Å². The van der Waals surface area contributed by atoms with Gasteiger partial charge in [0, 0.05) is 44.2 Å². The van der Waals surface area contributed by atoms with E-state index >= 15 is 0 Å². The van der Waals surface area contributed by atoms with Gasteiger partial charge in [0.25, 0.3) is 5.69 Å². The first-order valence-corrected chi connectivity index (χ1v) is 10.2. The summed E-state index contributed by atoms with van der Waals surface area (Å²) in [5.74, 6) is 1.76. The third-order valence-electron chi connectivity index (χ3n) is 4.80. The van der Waals surface area contributed by atoms with Gasteiger partial charge in [-0.15, -0.1) is 0 Å². The first-order chi connectivity index (χ1) is 12.9. The molecule has 1 aliphatic heterocycles. The molecular formula is C16H19N5O5S. The average molecular weight is 393 g/mol. The molecule has 2 aliphatic rings. The zero-order chi connectivity index (χ0) is 19.0. The summed E-state index contributed by atoms with van der Waals surface area (Å²) in [6.07, 6.45) is 2.22. The number of nitrogens with zero attached hydrogens (tertiary/aromatic N) is 5. The summed E-state index contributed by atoms with van der Waals surface area (Å²) in [5, 5.41) is 14.7. The van der Waals surface area contributed by atoms with E-state index in [9.17, 15) is 18.5 Å². The molecule has 2 fully saturated rings. The molecule has 0 amide bonds. The Morgan fingerprint density at radius 2 is 1.81 bits per heavy atom. The SMILES string of the molecule is O=[N+]([O-])c1ccc(S(=O)(=O)N2CCN(Cc3nc(C4CC4)no3)CC2)cc1. The number of nitro groups is 1. The highest BCUT2D eigenvalue weighted by molar-refractivity contribution is 7.89. The Bertz CT molecular complexity index is 930. The van der Waals surface area contributed by atoms with E-state index in [1.807, 2.05) is 0 Å². The third-order valence-corrected chi connectivity index (χ3v) is 6.71. The molecule has 27 heavy (non-hydrogen) atoms. The molecule has 1 aromatic heterocycles. The molecule has 0 atom stereocenters. The minimum Gasteiger partial charge on any atom is -0.338 e. The van der Waals surface area contributed by atoms with Crippen molar-refractivity contribution in [1.29, 1.82) is 0 Å². The van der Waals surface area contributed by atoms with Crippen LogP contribution in [0.2, 0.25) is 0 Å². The summed E-state index contributed by atoms with van der Waals surface area (Å²) in [6.45, 7) is 2.28. The Kier molecular flexibility index (Phi) is 4.66. The van der Waals surface area contributed by atoms with E-state index in [1.54, 1.807) is 0 Å². The number of sulfonamides is 1. The quantitative estimate of drug-likeness (QED) is 0.532. The summed E-state index contributed by atoms with van der Waals surface area (Å²) in [4.78, 5) is 16.7. The lowest BCUT2D eigenvalue weighted by Crippen LogP contribution is -2.48. The molecular weight excluding hydrogens is 374 g/mol. The van der Waals surface area contributed by atoms with Crippen LogP contribution in [0.15, 0.2) is 33.7 Å². The molecule has 1 aromatic carbocycles. The van der Waals surface area contributed by atoms with Crippen molar-refractivity contribution in [2.45, 2.75) is 30.2 Å². The number of rotatable bonds is 6. The highest BCUT2D eigenvalue weighted by Gasteiger charge is 2.31.